The van der Waals surface area contributed by atoms with Crippen LogP contribution in [0.4, 0.5) is 5.69 Å². The second kappa shape index (κ2) is 10.7. The van der Waals surface area contributed by atoms with Crippen molar-refractivity contribution in [3.8, 4) is 0 Å². The molecule has 2 aromatic carbocycles. The quantitative estimate of drug-likeness (QED) is 0.310. The van der Waals surface area contributed by atoms with Gasteiger partial charge in [-0.2, -0.15) is 0 Å². The third-order valence-corrected chi connectivity index (χ3v) is 10.3. The highest BCUT2D eigenvalue weighted by molar-refractivity contribution is 7.16. The number of hydrogen-bond acceptors (Lipinski definition) is 4. The van der Waals surface area contributed by atoms with Gasteiger partial charge in [0.15, 0.2) is 0 Å². The molecule has 1 saturated heterocycles. The molecule has 3 aliphatic rings. The average Bonchev–Trinajstić information content (AvgIpc) is 3.65. The summed E-state index contributed by atoms with van der Waals surface area (Å²) < 4.78 is 1.23. The van der Waals surface area contributed by atoms with E-state index in [0.29, 0.717) is 22.4 Å². The highest BCUT2D eigenvalue weighted by atomic mass is 35.5. The van der Waals surface area contributed by atoms with Crippen molar-refractivity contribution in [3.63, 3.8) is 0 Å². The maximum Gasteiger partial charge on any atom is 0.227 e. The number of aromatic nitrogens is 1. The molecule has 37 heavy (non-hydrogen) atoms. The molecule has 1 spiro atoms. The van der Waals surface area contributed by atoms with Crippen LogP contribution in [0.5, 0.6) is 0 Å². The van der Waals surface area contributed by atoms with Gasteiger partial charge in [-0.1, -0.05) is 67.1 Å². The molecule has 1 saturated carbocycles. The predicted octanol–water partition coefficient (Wildman–Crippen LogP) is 7.97. The summed E-state index contributed by atoms with van der Waals surface area (Å²) in [5, 5.41) is 1.16. The number of likely N-dealkylation sites (tertiary alicyclic amines) is 1. The molecule has 3 aromatic rings. The summed E-state index contributed by atoms with van der Waals surface area (Å²) in [6.07, 6.45) is 13.4. The van der Waals surface area contributed by atoms with Crippen LogP contribution in [0.1, 0.15) is 62.5 Å². The molecule has 1 aromatic heterocycles. The lowest BCUT2D eigenvalue weighted by molar-refractivity contribution is -0.119. The fourth-order valence-electron chi connectivity index (χ4n) is 6.64. The summed E-state index contributed by atoms with van der Waals surface area (Å²) >= 11 is 13.9. The third-order valence-electron chi connectivity index (χ3n) is 8.74. The summed E-state index contributed by atoms with van der Waals surface area (Å²) in [6, 6.07) is 10.1. The minimum Gasteiger partial charge on any atom is -0.311 e. The average molecular weight is 555 g/mol. The SMILES string of the molecule is O=C(CCC1CCCC1)N1CC2(CCN(C/C=C/c3ccc(Cl)c(Cl)c3)CC2)c2c1ccc1scnc21. The van der Waals surface area contributed by atoms with Crippen LogP contribution in [-0.4, -0.2) is 42.0 Å². The van der Waals surface area contributed by atoms with E-state index in [4.69, 9.17) is 28.2 Å². The number of benzene rings is 2. The smallest absolute Gasteiger partial charge is 0.227 e. The first kappa shape index (κ1) is 25.4. The first-order valence-electron chi connectivity index (χ1n) is 13.5. The van der Waals surface area contributed by atoms with Crippen molar-refractivity contribution >= 4 is 62.4 Å². The Balaban J connectivity index is 1.17. The Labute approximate surface area is 233 Å². The van der Waals surface area contributed by atoms with Crippen molar-refractivity contribution in [2.75, 3.05) is 31.1 Å². The Hall–Kier alpha value is -1.92. The second-order valence-corrected chi connectivity index (χ2v) is 12.7. The van der Waals surface area contributed by atoms with Gasteiger partial charge < -0.3 is 4.90 Å². The Morgan fingerprint density at radius 2 is 1.92 bits per heavy atom. The van der Waals surface area contributed by atoms with Crippen LogP contribution in [0.25, 0.3) is 16.3 Å². The third kappa shape index (κ3) is 5.08. The zero-order chi connectivity index (χ0) is 25.4. The van der Waals surface area contributed by atoms with Gasteiger partial charge in [0.1, 0.15) is 0 Å². The van der Waals surface area contributed by atoms with E-state index >= 15 is 0 Å². The normalized spacial score (nSPS) is 20.0. The largest absolute Gasteiger partial charge is 0.311 e. The Morgan fingerprint density at radius 1 is 1.11 bits per heavy atom. The predicted molar refractivity (Wildman–Crippen MR) is 156 cm³/mol. The van der Waals surface area contributed by atoms with Gasteiger partial charge in [0.05, 0.1) is 25.8 Å². The van der Waals surface area contributed by atoms with Gasteiger partial charge in [0.2, 0.25) is 5.91 Å². The Morgan fingerprint density at radius 3 is 2.70 bits per heavy atom. The summed E-state index contributed by atoms with van der Waals surface area (Å²) in [5.41, 5.74) is 6.56. The maximum absolute atomic E-state index is 13.5. The monoisotopic (exact) mass is 553 g/mol. The molecule has 0 N–H and O–H groups in total. The molecule has 0 bridgehead atoms. The van der Waals surface area contributed by atoms with Gasteiger partial charge in [-0.15, -0.1) is 11.3 Å². The molecule has 6 rings (SSSR count). The van der Waals surface area contributed by atoms with Crippen molar-refractivity contribution in [3.05, 3.63) is 63.1 Å². The van der Waals surface area contributed by atoms with E-state index in [9.17, 15) is 4.79 Å². The summed E-state index contributed by atoms with van der Waals surface area (Å²) in [4.78, 5) is 22.9. The summed E-state index contributed by atoms with van der Waals surface area (Å²) in [7, 11) is 0. The second-order valence-electron chi connectivity index (χ2n) is 11.0. The van der Waals surface area contributed by atoms with Crippen LogP contribution < -0.4 is 4.90 Å². The van der Waals surface area contributed by atoms with Gasteiger partial charge in [0.25, 0.3) is 0 Å². The standard InChI is InChI=1S/C30H33Cl2N3OS/c31-23-9-7-22(18-24(23)32)6-3-15-34-16-13-30(14-17-34)19-35(27(36)12-8-21-4-1-2-5-21)25-10-11-26-29(28(25)30)33-20-37-26/h3,6-7,9-11,18,20-21H,1-2,4-5,8,12-17,19H2/b6-3+. The molecule has 2 aliphatic heterocycles. The number of nitrogens with zero attached hydrogens (tertiary/aromatic N) is 3. The first-order valence-corrected chi connectivity index (χ1v) is 15.2. The molecule has 0 radical (unpaired) electrons. The van der Waals surface area contributed by atoms with E-state index < -0.39 is 0 Å². The number of thiazole rings is 1. The van der Waals surface area contributed by atoms with Crippen molar-refractivity contribution < 1.29 is 4.79 Å². The number of anilines is 1. The first-order chi connectivity index (χ1) is 18.0. The van der Waals surface area contributed by atoms with Crippen molar-refractivity contribution in [2.24, 2.45) is 5.92 Å². The van der Waals surface area contributed by atoms with E-state index in [-0.39, 0.29) is 5.41 Å². The van der Waals surface area contributed by atoms with E-state index in [1.54, 1.807) is 11.3 Å². The number of amides is 1. The van der Waals surface area contributed by atoms with Gasteiger partial charge >= 0.3 is 0 Å². The number of rotatable bonds is 6. The molecular formula is C30H33Cl2N3OS. The highest BCUT2D eigenvalue weighted by Gasteiger charge is 2.47. The number of fused-ring (bicyclic) bond motifs is 4. The van der Waals surface area contributed by atoms with Crippen LogP contribution in [0.3, 0.4) is 0 Å². The number of hydrogen-bond donors (Lipinski definition) is 0. The molecule has 3 heterocycles. The topological polar surface area (TPSA) is 36.4 Å². The zero-order valence-corrected chi connectivity index (χ0v) is 23.4. The van der Waals surface area contributed by atoms with Crippen LogP contribution in [0.15, 0.2) is 41.9 Å². The van der Waals surface area contributed by atoms with Crippen LogP contribution in [0.2, 0.25) is 10.0 Å². The molecule has 1 aliphatic carbocycles. The lowest BCUT2D eigenvalue weighted by Crippen LogP contribution is -2.46. The highest BCUT2D eigenvalue weighted by Crippen LogP contribution is 2.50. The molecule has 7 heteroatoms. The minimum atomic E-state index is -0.00411. The van der Waals surface area contributed by atoms with E-state index in [0.717, 1.165) is 68.1 Å². The molecule has 194 valence electrons. The molecule has 2 fully saturated rings. The van der Waals surface area contributed by atoms with Crippen molar-refractivity contribution in [2.45, 2.75) is 56.8 Å². The van der Waals surface area contributed by atoms with E-state index in [1.165, 1.54) is 35.9 Å². The van der Waals surface area contributed by atoms with E-state index in [1.807, 2.05) is 23.7 Å². The van der Waals surface area contributed by atoms with Crippen LogP contribution in [-0.2, 0) is 10.2 Å². The van der Waals surface area contributed by atoms with Gasteiger partial charge in [0, 0.05) is 36.2 Å². The fourth-order valence-corrected chi connectivity index (χ4v) is 7.64. The summed E-state index contributed by atoms with van der Waals surface area (Å²) in [6.45, 7) is 3.72. The van der Waals surface area contributed by atoms with Gasteiger partial charge in [-0.25, -0.2) is 4.98 Å². The van der Waals surface area contributed by atoms with Crippen LogP contribution >= 0.6 is 34.5 Å². The number of carbonyl (C=O) groups excluding carboxylic acids is 1. The molecule has 0 atom stereocenters. The lowest BCUT2D eigenvalue weighted by atomic mass is 9.74. The van der Waals surface area contributed by atoms with Crippen LogP contribution in [0, 0.1) is 5.92 Å². The number of piperidine rings is 1. The van der Waals surface area contributed by atoms with Gasteiger partial charge in [-0.05, 0) is 68.1 Å². The van der Waals surface area contributed by atoms with Crippen molar-refractivity contribution in [1.82, 2.24) is 9.88 Å². The Kier molecular flexibility index (Phi) is 7.32. The zero-order valence-electron chi connectivity index (χ0n) is 21.1. The molecule has 4 nitrogen and oxygen atoms in total. The number of halogens is 2. The summed E-state index contributed by atoms with van der Waals surface area (Å²) in [5.74, 6) is 1.03. The maximum atomic E-state index is 13.5. The van der Waals surface area contributed by atoms with E-state index in [2.05, 4.69) is 34.1 Å². The van der Waals surface area contributed by atoms with Crippen molar-refractivity contribution in [1.29, 1.82) is 0 Å². The molecule has 0 unspecified atom stereocenters. The lowest BCUT2D eigenvalue weighted by Gasteiger charge is -2.39. The molecular weight excluding hydrogens is 521 g/mol. The molecule has 1 amide bonds. The number of carbonyl (C=O) groups is 1. The van der Waals surface area contributed by atoms with Gasteiger partial charge in [-0.3, -0.25) is 9.69 Å². The fraction of sp³-hybridized carbons (Fsp3) is 0.467. The minimum absolute atomic E-state index is 0.00411. The Bertz CT molecular complexity index is 1320.